The van der Waals surface area contributed by atoms with E-state index in [1.165, 1.54) is 5.56 Å². The van der Waals surface area contributed by atoms with Crippen molar-refractivity contribution in [3.05, 3.63) is 30.1 Å². The topological polar surface area (TPSA) is 48.4 Å². The van der Waals surface area contributed by atoms with Gasteiger partial charge in [-0.1, -0.05) is 6.07 Å². The van der Waals surface area contributed by atoms with Gasteiger partial charge in [-0.25, -0.2) is 0 Å². The molecular weight excluding hydrogens is 226 g/mol. The number of hydrogen-bond donors (Lipinski definition) is 2. The summed E-state index contributed by atoms with van der Waals surface area (Å²) in [6.45, 7) is 3.72. The second-order valence-corrected chi connectivity index (χ2v) is 5.21. The molecule has 0 aliphatic carbocycles. The van der Waals surface area contributed by atoms with Crippen molar-refractivity contribution in [2.75, 3.05) is 33.2 Å². The Hall–Kier alpha value is -0.970. The van der Waals surface area contributed by atoms with E-state index in [0.29, 0.717) is 6.54 Å². The summed E-state index contributed by atoms with van der Waals surface area (Å²) in [5, 5.41) is 13.3. The third kappa shape index (κ3) is 3.77. The minimum absolute atomic E-state index is 0.500. The van der Waals surface area contributed by atoms with Crippen molar-refractivity contribution < 1.29 is 5.11 Å². The number of likely N-dealkylation sites (tertiary alicyclic amines) is 1. The Morgan fingerprint density at radius 2 is 2.22 bits per heavy atom. The summed E-state index contributed by atoms with van der Waals surface area (Å²) in [4.78, 5) is 6.56. The number of hydrogen-bond acceptors (Lipinski definition) is 4. The maximum atomic E-state index is 10.3. The molecule has 0 saturated carbocycles. The van der Waals surface area contributed by atoms with Crippen LogP contribution in [0.25, 0.3) is 0 Å². The lowest BCUT2D eigenvalue weighted by Gasteiger charge is -2.38. The van der Waals surface area contributed by atoms with Gasteiger partial charge in [-0.2, -0.15) is 0 Å². The molecule has 0 radical (unpaired) electrons. The number of aromatic nitrogens is 1. The van der Waals surface area contributed by atoms with E-state index in [1.807, 2.05) is 25.5 Å². The lowest BCUT2D eigenvalue weighted by molar-refractivity contribution is -0.0182. The Morgan fingerprint density at radius 3 is 2.83 bits per heavy atom. The molecular formula is C14H23N3O. The quantitative estimate of drug-likeness (QED) is 0.805. The van der Waals surface area contributed by atoms with E-state index in [2.05, 4.69) is 21.3 Å². The van der Waals surface area contributed by atoms with Gasteiger partial charge in [-0.3, -0.25) is 4.98 Å². The van der Waals surface area contributed by atoms with E-state index < -0.39 is 5.60 Å². The molecule has 0 amide bonds. The van der Waals surface area contributed by atoms with Crippen molar-refractivity contribution in [2.24, 2.45) is 0 Å². The molecule has 0 aromatic carbocycles. The molecule has 0 spiro atoms. The Kier molecular flexibility index (Phi) is 4.69. The van der Waals surface area contributed by atoms with Gasteiger partial charge in [0.1, 0.15) is 0 Å². The van der Waals surface area contributed by atoms with E-state index in [4.69, 9.17) is 0 Å². The van der Waals surface area contributed by atoms with E-state index in [1.54, 1.807) is 0 Å². The van der Waals surface area contributed by atoms with Crippen molar-refractivity contribution in [2.45, 2.75) is 24.9 Å². The number of rotatable bonds is 5. The first kappa shape index (κ1) is 13.5. The fourth-order valence-electron chi connectivity index (χ4n) is 2.53. The summed E-state index contributed by atoms with van der Waals surface area (Å²) in [6, 6.07) is 4.10. The zero-order valence-corrected chi connectivity index (χ0v) is 11.1. The molecule has 0 bridgehead atoms. The standard InChI is InChI=1S/C14H23N3O/c1-15-12-14(18)5-9-17(10-6-14)8-4-13-3-2-7-16-11-13/h2-3,7,11,15,18H,4-6,8-10,12H2,1H3. The molecule has 1 fully saturated rings. The van der Waals surface area contributed by atoms with Crippen LogP contribution in [0.3, 0.4) is 0 Å². The molecule has 1 aliphatic heterocycles. The number of likely N-dealkylation sites (N-methyl/N-ethyl adjacent to an activating group) is 1. The summed E-state index contributed by atoms with van der Waals surface area (Å²) in [6.07, 6.45) is 6.50. The van der Waals surface area contributed by atoms with Crippen LogP contribution in [0.2, 0.25) is 0 Å². The molecule has 4 nitrogen and oxygen atoms in total. The first-order chi connectivity index (χ1) is 8.72. The van der Waals surface area contributed by atoms with Crippen LogP contribution < -0.4 is 5.32 Å². The van der Waals surface area contributed by atoms with Crippen molar-refractivity contribution >= 4 is 0 Å². The van der Waals surface area contributed by atoms with Gasteiger partial charge >= 0.3 is 0 Å². The van der Waals surface area contributed by atoms with Crippen LogP contribution in [0.1, 0.15) is 18.4 Å². The van der Waals surface area contributed by atoms with Crippen molar-refractivity contribution in [3.8, 4) is 0 Å². The zero-order valence-electron chi connectivity index (χ0n) is 11.1. The monoisotopic (exact) mass is 249 g/mol. The van der Waals surface area contributed by atoms with Crippen LogP contribution >= 0.6 is 0 Å². The summed E-state index contributed by atoms with van der Waals surface area (Å²) in [5.41, 5.74) is 0.785. The molecule has 0 atom stereocenters. The first-order valence-corrected chi connectivity index (χ1v) is 6.70. The molecule has 2 rings (SSSR count). The summed E-state index contributed by atoms with van der Waals surface area (Å²) >= 11 is 0. The van der Waals surface area contributed by atoms with E-state index >= 15 is 0 Å². The van der Waals surface area contributed by atoms with E-state index in [-0.39, 0.29) is 0 Å². The second-order valence-electron chi connectivity index (χ2n) is 5.21. The highest BCUT2D eigenvalue weighted by Gasteiger charge is 2.31. The normalized spacial score (nSPS) is 19.9. The number of piperidine rings is 1. The predicted molar refractivity (Wildman–Crippen MR) is 72.5 cm³/mol. The average Bonchev–Trinajstić information content (AvgIpc) is 2.40. The van der Waals surface area contributed by atoms with Crippen LogP contribution in [0, 0.1) is 0 Å². The van der Waals surface area contributed by atoms with E-state index in [9.17, 15) is 5.11 Å². The maximum Gasteiger partial charge on any atom is 0.0795 e. The molecule has 1 aromatic heterocycles. The first-order valence-electron chi connectivity index (χ1n) is 6.70. The van der Waals surface area contributed by atoms with Crippen molar-refractivity contribution in [1.29, 1.82) is 0 Å². The zero-order chi connectivity index (χ0) is 12.8. The second kappa shape index (κ2) is 6.27. The molecule has 1 aliphatic rings. The highest BCUT2D eigenvalue weighted by molar-refractivity contribution is 5.08. The fourth-order valence-corrected chi connectivity index (χ4v) is 2.53. The van der Waals surface area contributed by atoms with Crippen LogP contribution in [-0.4, -0.2) is 53.8 Å². The predicted octanol–water partition coefficient (Wildman–Crippen LogP) is 0.670. The van der Waals surface area contributed by atoms with Gasteiger partial charge in [-0.05, 0) is 37.9 Å². The van der Waals surface area contributed by atoms with Gasteiger partial charge in [0.05, 0.1) is 5.60 Å². The largest absolute Gasteiger partial charge is 0.388 e. The third-order valence-corrected chi connectivity index (χ3v) is 3.73. The molecule has 2 heterocycles. The molecule has 4 heteroatoms. The van der Waals surface area contributed by atoms with Gasteiger partial charge in [0.2, 0.25) is 0 Å². The molecule has 1 saturated heterocycles. The molecule has 100 valence electrons. The lowest BCUT2D eigenvalue weighted by Crippen LogP contribution is -2.49. The van der Waals surface area contributed by atoms with Gasteiger partial charge in [-0.15, -0.1) is 0 Å². The van der Waals surface area contributed by atoms with Crippen molar-refractivity contribution in [1.82, 2.24) is 15.2 Å². The minimum Gasteiger partial charge on any atom is -0.388 e. The Bertz CT molecular complexity index is 347. The van der Waals surface area contributed by atoms with Gasteiger partial charge < -0.3 is 15.3 Å². The number of pyridine rings is 1. The van der Waals surface area contributed by atoms with E-state index in [0.717, 1.165) is 38.9 Å². The summed E-state index contributed by atoms with van der Waals surface area (Å²) < 4.78 is 0. The third-order valence-electron chi connectivity index (χ3n) is 3.73. The smallest absolute Gasteiger partial charge is 0.0795 e. The summed E-state index contributed by atoms with van der Waals surface area (Å²) in [7, 11) is 1.90. The Balaban J connectivity index is 1.74. The van der Waals surface area contributed by atoms with Gasteiger partial charge in [0.15, 0.2) is 0 Å². The molecule has 2 N–H and O–H groups in total. The molecule has 0 unspecified atom stereocenters. The maximum absolute atomic E-state index is 10.3. The van der Waals surface area contributed by atoms with Crippen LogP contribution in [0.15, 0.2) is 24.5 Å². The number of aliphatic hydroxyl groups is 1. The van der Waals surface area contributed by atoms with Crippen molar-refractivity contribution in [3.63, 3.8) is 0 Å². The number of nitrogens with zero attached hydrogens (tertiary/aromatic N) is 2. The highest BCUT2D eigenvalue weighted by atomic mass is 16.3. The van der Waals surface area contributed by atoms with Crippen LogP contribution in [-0.2, 0) is 6.42 Å². The number of nitrogens with one attached hydrogen (secondary N) is 1. The minimum atomic E-state index is -0.500. The lowest BCUT2D eigenvalue weighted by atomic mass is 9.91. The van der Waals surface area contributed by atoms with Crippen LogP contribution in [0.5, 0.6) is 0 Å². The Morgan fingerprint density at radius 1 is 1.44 bits per heavy atom. The average molecular weight is 249 g/mol. The SMILES string of the molecule is CNCC1(O)CCN(CCc2cccnc2)CC1. The van der Waals surface area contributed by atoms with Gasteiger partial charge in [0, 0.05) is 38.6 Å². The summed E-state index contributed by atoms with van der Waals surface area (Å²) in [5.74, 6) is 0. The fraction of sp³-hybridized carbons (Fsp3) is 0.643. The highest BCUT2D eigenvalue weighted by Crippen LogP contribution is 2.21. The van der Waals surface area contributed by atoms with Gasteiger partial charge in [0.25, 0.3) is 0 Å². The molecule has 18 heavy (non-hydrogen) atoms. The Labute approximate surface area is 109 Å². The molecule has 1 aromatic rings. The van der Waals surface area contributed by atoms with Crippen LogP contribution in [0.4, 0.5) is 0 Å².